The van der Waals surface area contributed by atoms with Gasteiger partial charge in [-0.1, -0.05) is 0 Å². The van der Waals surface area contributed by atoms with Crippen LogP contribution in [0, 0.1) is 10.4 Å². The molecule has 0 N–H and O–H groups in total. The van der Waals surface area contributed by atoms with Gasteiger partial charge >= 0.3 is 0 Å². The van der Waals surface area contributed by atoms with Crippen LogP contribution in [-0.4, -0.2) is 121 Å². The van der Waals surface area contributed by atoms with Gasteiger partial charge in [0.25, 0.3) is 0 Å². The van der Waals surface area contributed by atoms with E-state index in [4.69, 9.17) is 0 Å². The van der Waals surface area contributed by atoms with Crippen molar-refractivity contribution in [2.45, 2.75) is 13.8 Å². The lowest BCUT2D eigenvalue weighted by molar-refractivity contribution is -1.03. The minimum Gasteiger partial charge on any atom is -0.790 e. The van der Waals surface area contributed by atoms with Crippen LogP contribution >= 0.6 is 0 Å². The van der Waals surface area contributed by atoms with Gasteiger partial charge in [0, 0.05) is 13.8 Å². The first-order chi connectivity index (χ1) is 13.3. The molecule has 0 aromatic heterocycles. The van der Waals surface area contributed by atoms with Crippen molar-refractivity contribution in [2.75, 3.05) is 78.5 Å². The summed E-state index contributed by atoms with van der Waals surface area (Å²) in [6.07, 6.45) is 0. The van der Waals surface area contributed by atoms with E-state index in [2.05, 4.69) is 10.3 Å². The van der Waals surface area contributed by atoms with Gasteiger partial charge in [-0.25, -0.2) is 0 Å². The van der Waals surface area contributed by atoms with Gasteiger partial charge in [-0.3, -0.25) is 19.9 Å². The van der Waals surface area contributed by atoms with Crippen molar-refractivity contribution in [3.05, 3.63) is 10.4 Å². The SMILES string of the molecule is CC(=O)/C(=N/[O-])N1CC[N+]2(CC1)CC[N+]1(CCN(/C(=N\[O-])C(C)=O)CC1)CC2. The zero-order valence-electron chi connectivity index (χ0n) is 16.8. The van der Waals surface area contributed by atoms with E-state index < -0.39 is 0 Å². The zero-order chi connectivity index (χ0) is 20.4. The Balaban J connectivity index is 1.53. The molecule has 3 aliphatic heterocycles. The molecule has 3 rings (SSSR count). The zero-order valence-corrected chi connectivity index (χ0v) is 16.8. The number of amidine groups is 2. The Morgan fingerprint density at radius 1 is 0.643 bits per heavy atom. The number of ketones is 2. The van der Waals surface area contributed by atoms with Crippen molar-refractivity contribution in [1.29, 1.82) is 0 Å². The monoisotopic (exact) mass is 394 g/mol. The van der Waals surface area contributed by atoms with Crippen LogP contribution in [0.4, 0.5) is 0 Å². The number of nitrogens with zero attached hydrogens (tertiary/aromatic N) is 6. The van der Waals surface area contributed by atoms with Crippen LogP contribution in [-0.2, 0) is 9.59 Å². The highest BCUT2D eigenvalue weighted by molar-refractivity contribution is 6.38. The Bertz CT molecular complexity index is 606. The van der Waals surface area contributed by atoms with Gasteiger partial charge in [0.15, 0.2) is 23.2 Å². The van der Waals surface area contributed by atoms with E-state index in [1.54, 1.807) is 0 Å². The third-order valence-corrected chi connectivity index (χ3v) is 6.88. The van der Waals surface area contributed by atoms with Crippen molar-refractivity contribution >= 4 is 23.2 Å². The van der Waals surface area contributed by atoms with Gasteiger partial charge in [-0.2, -0.15) is 0 Å². The van der Waals surface area contributed by atoms with Crippen molar-refractivity contribution in [3.8, 4) is 0 Å². The summed E-state index contributed by atoms with van der Waals surface area (Å²) in [4.78, 5) is 26.7. The highest BCUT2D eigenvalue weighted by Gasteiger charge is 2.45. The molecule has 0 amide bonds. The van der Waals surface area contributed by atoms with E-state index in [1.807, 2.05) is 9.80 Å². The van der Waals surface area contributed by atoms with Crippen molar-refractivity contribution in [3.63, 3.8) is 0 Å². The maximum Gasteiger partial charge on any atom is 0.194 e. The number of quaternary nitrogens is 2. The van der Waals surface area contributed by atoms with Gasteiger partial charge in [0.05, 0.1) is 52.4 Å². The highest BCUT2D eigenvalue weighted by atomic mass is 16.4. The molecule has 3 aliphatic rings. The predicted octanol–water partition coefficient (Wildman–Crippen LogP) is -0.765. The minimum atomic E-state index is -0.268. The molecule has 0 radical (unpaired) electrons. The first-order valence-corrected chi connectivity index (χ1v) is 9.96. The number of hydrogen-bond acceptors (Lipinski definition) is 6. The molecule has 3 saturated heterocycles. The number of rotatable bonds is 2. The Morgan fingerprint density at radius 2 is 0.929 bits per heavy atom. The van der Waals surface area contributed by atoms with Crippen LogP contribution in [0.25, 0.3) is 0 Å². The lowest BCUT2D eigenvalue weighted by Gasteiger charge is -2.54. The van der Waals surface area contributed by atoms with Crippen molar-refractivity contribution < 1.29 is 18.6 Å². The number of hydrogen-bond donors (Lipinski definition) is 0. The minimum absolute atomic E-state index is 0.0517. The molecular weight excluding hydrogens is 364 g/mol. The molecule has 156 valence electrons. The third kappa shape index (κ3) is 3.97. The fraction of sp³-hybridized carbons (Fsp3) is 0.778. The van der Waals surface area contributed by atoms with Crippen LogP contribution in [0.3, 0.4) is 0 Å². The van der Waals surface area contributed by atoms with Crippen LogP contribution in [0.15, 0.2) is 10.3 Å². The van der Waals surface area contributed by atoms with Crippen LogP contribution < -0.4 is 0 Å². The topological polar surface area (TPSA) is 111 Å². The largest absolute Gasteiger partial charge is 0.790 e. The fourth-order valence-electron chi connectivity index (χ4n) is 4.86. The molecule has 3 heterocycles. The maximum absolute atomic E-state index is 11.5. The van der Waals surface area contributed by atoms with E-state index in [-0.39, 0.29) is 23.2 Å². The van der Waals surface area contributed by atoms with E-state index in [0.717, 1.165) is 61.3 Å². The molecule has 0 unspecified atom stereocenters. The Hall–Kier alpha value is -2.20. The van der Waals surface area contributed by atoms with Gasteiger partial charge in [0.1, 0.15) is 26.2 Å². The summed E-state index contributed by atoms with van der Waals surface area (Å²) in [5.74, 6) is -0.432. The summed E-state index contributed by atoms with van der Waals surface area (Å²) in [6.45, 7) is 13.6. The highest BCUT2D eigenvalue weighted by Crippen LogP contribution is 2.24. The van der Waals surface area contributed by atoms with Crippen LogP contribution in [0.2, 0.25) is 0 Å². The molecule has 10 nitrogen and oxygen atoms in total. The van der Waals surface area contributed by atoms with Crippen molar-refractivity contribution in [2.24, 2.45) is 10.3 Å². The summed E-state index contributed by atoms with van der Waals surface area (Å²) < 4.78 is 2.07. The summed E-state index contributed by atoms with van der Waals surface area (Å²) in [6, 6.07) is 0. The molecule has 0 atom stereocenters. The quantitative estimate of drug-likeness (QED) is 0.263. The molecule has 0 saturated carbocycles. The Morgan fingerprint density at radius 3 is 1.14 bits per heavy atom. The van der Waals surface area contributed by atoms with E-state index >= 15 is 0 Å². The maximum atomic E-state index is 11.5. The third-order valence-electron chi connectivity index (χ3n) is 6.88. The molecule has 0 aromatic carbocycles. The normalized spacial score (nSPS) is 25.2. The molecule has 0 aromatic rings. The first-order valence-electron chi connectivity index (χ1n) is 9.96. The van der Waals surface area contributed by atoms with Gasteiger partial charge in [-0.15, -0.1) is 0 Å². The molecule has 28 heavy (non-hydrogen) atoms. The summed E-state index contributed by atoms with van der Waals surface area (Å²) in [5.41, 5.74) is 0. The summed E-state index contributed by atoms with van der Waals surface area (Å²) in [7, 11) is 0. The molecule has 2 spiro atoms. The fourth-order valence-corrected chi connectivity index (χ4v) is 4.86. The number of piperazine rings is 3. The molecule has 0 bridgehead atoms. The van der Waals surface area contributed by atoms with E-state index in [9.17, 15) is 20.0 Å². The van der Waals surface area contributed by atoms with Gasteiger partial charge in [0.2, 0.25) is 0 Å². The Kier molecular flexibility index (Phi) is 5.90. The second kappa shape index (κ2) is 8.04. The number of Topliss-reactive ketones (excluding diaryl/α,β-unsaturated/α-hetero) is 2. The standard InChI is InChI=1S/C18H30N6O4/c1-15(25)17(19-27)21-3-7-23(8-4-21)11-13-24(14-12-23)9-5-22(6-10-24)18(20-28)16(2)26/h3-14H2,1-2H3. The predicted molar refractivity (Wildman–Crippen MR) is 106 cm³/mol. The average molecular weight is 394 g/mol. The van der Waals surface area contributed by atoms with Gasteiger partial charge in [-0.05, 0) is 0 Å². The van der Waals surface area contributed by atoms with E-state index in [1.165, 1.54) is 13.8 Å². The lowest BCUT2D eigenvalue weighted by Crippen LogP contribution is -2.73. The van der Waals surface area contributed by atoms with E-state index in [0.29, 0.717) is 26.2 Å². The van der Waals surface area contributed by atoms with Crippen LogP contribution in [0.5, 0.6) is 0 Å². The summed E-state index contributed by atoms with van der Waals surface area (Å²) in [5, 5.41) is 27.7. The second-order valence-electron chi connectivity index (χ2n) is 8.39. The Labute approximate surface area is 165 Å². The lowest BCUT2D eigenvalue weighted by atomic mass is 10.1. The smallest absolute Gasteiger partial charge is 0.194 e. The molecule has 10 heteroatoms. The average Bonchev–Trinajstić information content (AvgIpc) is 2.68. The first kappa shape index (κ1) is 20.5. The molecular formula is C18H30N6O4. The van der Waals surface area contributed by atoms with Crippen LogP contribution in [0.1, 0.15) is 13.8 Å². The number of carbonyl (C=O) groups is 2. The van der Waals surface area contributed by atoms with Crippen molar-refractivity contribution in [1.82, 2.24) is 9.80 Å². The summed E-state index contributed by atoms with van der Waals surface area (Å²) >= 11 is 0. The number of carbonyl (C=O) groups excluding carboxylic acids is 2. The van der Waals surface area contributed by atoms with Gasteiger partial charge < -0.3 is 29.2 Å². The second-order valence-corrected chi connectivity index (χ2v) is 8.39. The molecule has 3 fully saturated rings. The molecule has 0 aliphatic carbocycles.